The normalized spacial score (nSPS) is 16.4. The molecule has 1 atom stereocenters. The highest BCUT2D eigenvalue weighted by Crippen LogP contribution is 2.25. The first-order valence-electron chi connectivity index (χ1n) is 8.83. The average Bonchev–Trinajstić information content (AvgIpc) is 2.65. The molecule has 0 bridgehead atoms. The van der Waals surface area contributed by atoms with Gasteiger partial charge in [0.25, 0.3) is 0 Å². The molecule has 2 nitrogen and oxygen atoms in total. The van der Waals surface area contributed by atoms with Crippen LogP contribution < -0.4 is 0 Å². The minimum absolute atomic E-state index is 0.308. The molecule has 3 aromatic carbocycles. The van der Waals surface area contributed by atoms with Crippen molar-refractivity contribution in [1.29, 1.82) is 0 Å². The molecular formula is C23H22O2. The maximum Gasteiger partial charge on any atom is 0.0830 e. The van der Waals surface area contributed by atoms with Gasteiger partial charge in [0.2, 0.25) is 0 Å². The summed E-state index contributed by atoms with van der Waals surface area (Å²) >= 11 is 0. The molecular weight excluding hydrogens is 308 g/mol. The summed E-state index contributed by atoms with van der Waals surface area (Å²) in [6.45, 7) is 2.22. The van der Waals surface area contributed by atoms with Crippen molar-refractivity contribution in [2.75, 3.05) is 13.2 Å². The molecule has 1 heterocycles. The van der Waals surface area contributed by atoms with Crippen LogP contribution in [-0.4, -0.2) is 19.3 Å². The summed E-state index contributed by atoms with van der Waals surface area (Å²) in [5.74, 6) is 0. The minimum Gasteiger partial charge on any atom is -0.376 e. The van der Waals surface area contributed by atoms with E-state index in [4.69, 9.17) is 9.47 Å². The Morgan fingerprint density at radius 2 is 1.24 bits per heavy atom. The van der Waals surface area contributed by atoms with Crippen LogP contribution in [0.15, 0.2) is 78.9 Å². The van der Waals surface area contributed by atoms with Crippen LogP contribution in [0.2, 0.25) is 0 Å². The predicted molar refractivity (Wildman–Crippen MR) is 101 cm³/mol. The van der Waals surface area contributed by atoms with E-state index in [1.807, 2.05) is 6.07 Å². The second kappa shape index (κ2) is 7.64. The van der Waals surface area contributed by atoms with E-state index < -0.39 is 0 Å². The van der Waals surface area contributed by atoms with E-state index in [0.29, 0.717) is 19.3 Å². The lowest BCUT2D eigenvalue weighted by Gasteiger charge is -2.25. The first kappa shape index (κ1) is 16.1. The van der Waals surface area contributed by atoms with Gasteiger partial charge in [0.05, 0.1) is 19.3 Å². The van der Waals surface area contributed by atoms with Crippen molar-refractivity contribution in [3.05, 3.63) is 84.4 Å². The van der Waals surface area contributed by atoms with Crippen LogP contribution in [0.4, 0.5) is 0 Å². The molecule has 0 amide bonds. The van der Waals surface area contributed by atoms with Crippen molar-refractivity contribution in [2.24, 2.45) is 0 Å². The van der Waals surface area contributed by atoms with Crippen molar-refractivity contribution in [1.82, 2.24) is 0 Å². The molecule has 0 N–H and O–H groups in total. The lowest BCUT2D eigenvalue weighted by atomic mass is 10.00. The fourth-order valence-electron chi connectivity index (χ4n) is 3.00. The lowest BCUT2D eigenvalue weighted by Crippen LogP contribution is -2.31. The SMILES string of the molecule is c1ccc(-c2ccc(-c3ccc(COCC4CCO4)cc3)cc2)cc1. The molecule has 0 radical (unpaired) electrons. The Bertz CT molecular complexity index is 788. The standard InChI is InChI=1S/C23H22O2/c1-2-4-19(5-3-1)21-10-12-22(13-11-21)20-8-6-18(7-9-20)16-24-17-23-14-15-25-23/h1-13,23H,14-17H2. The Kier molecular flexibility index (Phi) is 4.91. The summed E-state index contributed by atoms with van der Waals surface area (Å²) in [7, 11) is 0. The zero-order valence-electron chi connectivity index (χ0n) is 14.2. The Hall–Kier alpha value is -2.42. The van der Waals surface area contributed by atoms with Gasteiger partial charge in [0.15, 0.2) is 0 Å². The van der Waals surface area contributed by atoms with Crippen LogP contribution in [0.3, 0.4) is 0 Å². The molecule has 0 saturated carbocycles. The maximum absolute atomic E-state index is 5.71. The van der Waals surface area contributed by atoms with E-state index in [-0.39, 0.29) is 0 Å². The molecule has 1 saturated heterocycles. The minimum atomic E-state index is 0.308. The molecule has 0 aliphatic carbocycles. The number of hydrogen-bond acceptors (Lipinski definition) is 2. The monoisotopic (exact) mass is 330 g/mol. The Morgan fingerprint density at radius 1 is 0.720 bits per heavy atom. The molecule has 4 rings (SSSR count). The van der Waals surface area contributed by atoms with Gasteiger partial charge in [-0.2, -0.15) is 0 Å². The summed E-state index contributed by atoms with van der Waals surface area (Å²) in [6, 6.07) is 27.8. The highest BCUT2D eigenvalue weighted by Gasteiger charge is 2.17. The molecule has 126 valence electrons. The van der Waals surface area contributed by atoms with Gasteiger partial charge in [-0.1, -0.05) is 78.9 Å². The quantitative estimate of drug-likeness (QED) is 0.608. The van der Waals surface area contributed by atoms with E-state index in [2.05, 4.69) is 72.8 Å². The Labute approximate surface area is 149 Å². The molecule has 1 fully saturated rings. The van der Waals surface area contributed by atoms with Crippen LogP contribution in [-0.2, 0) is 16.1 Å². The van der Waals surface area contributed by atoms with Crippen LogP contribution in [0, 0.1) is 0 Å². The third-order valence-electron chi connectivity index (χ3n) is 4.65. The van der Waals surface area contributed by atoms with Gasteiger partial charge in [-0.05, 0) is 34.2 Å². The van der Waals surface area contributed by atoms with Gasteiger partial charge in [-0.3, -0.25) is 0 Å². The van der Waals surface area contributed by atoms with Crippen molar-refractivity contribution in [3.8, 4) is 22.3 Å². The molecule has 0 aromatic heterocycles. The summed E-state index contributed by atoms with van der Waals surface area (Å²) in [4.78, 5) is 0. The average molecular weight is 330 g/mol. The molecule has 2 heteroatoms. The summed E-state index contributed by atoms with van der Waals surface area (Å²) < 4.78 is 11.1. The predicted octanol–water partition coefficient (Wildman–Crippen LogP) is 5.33. The van der Waals surface area contributed by atoms with Gasteiger partial charge < -0.3 is 9.47 Å². The van der Waals surface area contributed by atoms with Crippen LogP contribution in [0.1, 0.15) is 12.0 Å². The molecule has 1 aliphatic rings. The number of benzene rings is 3. The largest absolute Gasteiger partial charge is 0.376 e. The first-order chi connectivity index (χ1) is 12.4. The molecule has 1 aliphatic heterocycles. The van der Waals surface area contributed by atoms with Crippen molar-refractivity contribution in [2.45, 2.75) is 19.1 Å². The number of hydrogen-bond donors (Lipinski definition) is 0. The van der Waals surface area contributed by atoms with Gasteiger partial charge in [0, 0.05) is 6.61 Å². The summed E-state index contributed by atoms with van der Waals surface area (Å²) in [5.41, 5.74) is 6.15. The van der Waals surface area contributed by atoms with Crippen molar-refractivity contribution in [3.63, 3.8) is 0 Å². The fourth-order valence-corrected chi connectivity index (χ4v) is 3.00. The van der Waals surface area contributed by atoms with E-state index >= 15 is 0 Å². The number of ether oxygens (including phenoxy) is 2. The van der Waals surface area contributed by atoms with Crippen LogP contribution in [0.5, 0.6) is 0 Å². The van der Waals surface area contributed by atoms with Crippen LogP contribution in [0.25, 0.3) is 22.3 Å². The smallest absolute Gasteiger partial charge is 0.0830 e. The Morgan fingerprint density at radius 3 is 1.76 bits per heavy atom. The molecule has 25 heavy (non-hydrogen) atoms. The maximum atomic E-state index is 5.71. The highest BCUT2D eigenvalue weighted by atomic mass is 16.5. The van der Waals surface area contributed by atoms with Gasteiger partial charge in [0.1, 0.15) is 0 Å². The topological polar surface area (TPSA) is 18.5 Å². The first-order valence-corrected chi connectivity index (χ1v) is 8.83. The molecule has 1 unspecified atom stereocenters. The van der Waals surface area contributed by atoms with Gasteiger partial charge >= 0.3 is 0 Å². The molecule has 0 spiro atoms. The highest BCUT2D eigenvalue weighted by molar-refractivity contribution is 5.70. The van der Waals surface area contributed by atoms with Crippen LogP contribution >= 0.6 is 0 Å². The van der Waals surface area contributed by atoms with E-state index in [1.165, 1.54) is 27.8 Å². The molecule has 3 aromatic rings. The zero-order valence-corrected chi connectivity index (χ0v) is 14.2. The fraction of sp³-hybridized carbons (Fsp3) is 0.217. The van der Waals surface area contributed by atoms with Crippen molar-refractivity contribution >= 4 is 0 Å². The summed E-state index contributed by atoms with van der Waals surface area (Å²) in [5, 5.41) is 0. The zero-order chi connectivity index (χ0) is 16.9. The van der Waals surface area contributed by atoms with Gasteiger partial charge in [-0.25, -0.2) is 0 Å². The lowest BCUT2D eigenvalue weighted by molar-refractivity contribution is -0.0967. The second-order valence-electron chi connectivity index (χ2n) is 6.44. The second-order valence-corrected chi connectivity index (χ2v) is 6.44. The number of rotatable bonds is 6. The third-order valence-corrected chi connectivity index (χ3v) is 4.65. The van der Waals surface area contributed by atoms with E-state index in [0.717, 1.165) is 13.0 Å². The van der Waals surface area contributed by atoms with E-state index in [1.54, 1.807) is 0 Å². The Balaban J connectivity index is 1.39. The van der Waals surface area contributed by atoms with Crippen molar-refractivity contribution < 1.29 is 9.47 Å². The third kappa shape index (κ3) is 3.98. The summed E-state index contributed by atoms with van der Waals surface area (Å²) in [6.07, 6.45) is 1.43. The van der Waals surface area contributed by atoms with Gasteiger partial charge in [-0.15, -0.1) is 0 Å². The van der Waals surface area contributed by atoms with E-state index in [9.17, 15) is 0 Å².